The van der Waals surface area contributed by atoms with Crippen LogP contribution in [0.3, 0.4) is 0 Å². The first kappa shape index (κ1) is 14.8. The summed E-state index contributed by atoms with van der Waals surface area (Å²) in [4.78, 5) is 4.62. The zero-order chi connectivity index (χ0) is 14.5. The van der Waals surface area contributed by atoms with Gasteiger partial charge in [-0.25, -0.2) is 4.98 Å². The normalized spacial score (nSPS) is 11.0. The third-order valence-electron chi connectivity index (χ3n) is 2.94. The lowest BCUT2D eigenvalue weighted by molar-refractivity contribution is 0.202. The van der Waals surface area contributed by atoms with Crippen molar-refractivity contribution in [2.45, 2.75) is 26.2 Å². The molecule has 108 valence electrons. The fourth-order valence-electron chi connectivity index (χ4n) is 1.84. The molecular weight excluding hydrogens is 272 g/mol. The molecule has 0 aliphatic rings. The molecule has 2 rings (SSSR count). The third kappa shape index (κ3) is 3.71. The largest absolute Gasteiger partial charge is 0.489 e. The highest BCUT2D eigenvalue weighted by Crippen LogP contribution is 2.25. The smallest absolute Gasteiger partial charge is 0.142 e. The van der Waals surface area contributed by atoms with Crippen molar-refractivity contribution in [3.8, 4) is 5.75 Å². The molecule has 0 saturated carbocycles. The number of hydrogen-bond acceptors (Lipinski definition) is 5. The standard InChI is InChI=1S/C15H20N2O2S/c1-10(2)13-9-20-15(17-13)8-11-3-4-14(12(16)7-11)19-6-5-18/h3-4,7,9-10,18H,5-6,8,16H2,1-2H3. The van der Waals surface area contributed by atoms with E-state index in [1.54, 1.807) is 11.3 Å². The van der Waals surface area contributed by atoms with Crippen LogP contribution < -0.4 is 10.5 Å². The molecule has 1 aromatic carbocycles. The maximum absolute atomic E-state index is 8.74. The van der Waals surface area contributed by atoms with Gasteiger partial charge in [-0.3, -0.25) is 0 Å². The molecule has 0 atom stereocenters. The summed E-state index contributed by atoms with van der Waals surface area (Å²) in [5.74, 6) is 1.07. The van der Waals surface area contributed by atoms with Crippen molar-refractivity contribution in [2.24, 2.45) is 0 Å². The van der Waals surface area contributed by atoms with Crippen LogP contribution in [0.5, 0.6) is 5.75 Å². The third-order valence-corrected chi connectivity index (χ3v) is 3.81. The zero-order valence-corrected chi connectivity index (χ0v) is 12.6. The van der Waals surface area contributed by atoms with Crippen molar-refractivity contribution in [3.05, 3.63) is 39.8 Å². The number of thiazole rings is 1. The van der Waals surface area contributed by atoms with E-state index < -0.39 is 0 Å². The zero-order valence-electron chi connectivity index (χ0n) is 11.8. The maximum atomic E-state index is 8.74. The van der Waals surface area contributed by atoms with Crippen LogP contribution in [0.2, 0.25) is 0 Å². The highest BCUT2D eigenvalue weighted by atomic mass is 32.1. The van der Waals surface area contributed by atoms with Crippen molar-refractivity contribution in [1.29, 1.82) is 0 Å². The van der Waals surface area contributed by atoms with Crippen molar-refractivity contribution in [2.75, 3.05) is 18.9 Å². The number of aliphatic hydroxyl groups excluding tert-OH is 1. The lowest BCUT2D eigenvalue weighted by Gasteiger charge is -2.08. The van der Waals surface area contributed by atoms with Gasteiger partial charge in [0.2, 0.25) is 0 Å². The highest BCUT2D eigenvalue weighted by Gasteiger charge is 2.08. The molecule has 0 spiro atoms. The van der Waals surface area contributed by atoms with E-state index in [0.717, 1.165) is 22.7 Å². The summed E-state index contributed by atoms with van der Waals surface area (Å²) in [6.45, 7) is 4.53. The van der Waals surface area contributed by atoms with E-state index in [4.69, 9.17) is 15.6 Å². The van der Waals surface area contributed by atoms with Crippen LogP contribution in [0.1, 0.15) is 36.0 Å². The number of rotatable bonds is 6. The molecule has 5 heteroatoms. The summed E-state index contributed by atoms with van der Waals surface area (Å²) in [6.07, 6.45) is 0.780. The van der Waals surface area contributed by atoms with Gasteiger partial charge in [0.05, 0.1) is 23.0 Å². The van der Waals surface area contributed by atoms with Gasteiger partial charge in [-0.1, -0.05) is 19.9 Å². The second-order valence-electron chi connectivity index (χ2n) is 4.94. The molecule has 0 saturated heterocycles. The topological polar surface area (TPSA) is 68.4 Å². The minimum Gasteiger partial charge on any atom is -0.489 e. The van der Waals surface area contributed by atoms with Crippen molar-refractivity contribution < 1.29 is 9.84 Å². The summed E-state index contributed by atoms with van der Waals surface area (Å²) in [5.41, 5.74) is 8.79. The van der Waals surface area contributed by atoms with E-state index in [9.17, 15) is 0 Å². The monoisotopic (exact) mass is 292 g/mol. The summed E-state index contributed by atoms with van der Waals surface area (Å²) in [6, 6.07) is 5.74. The Hall–Kier alpha value is -1.59. The Labute approximate surface area is 123 Å². The Morgan fingerprint density at radius 2 is 2.20 bits per heavy atom. The van der Waals surface area contributed by atoms with Gasteiger partial charge in [-0.05, 0) is 23.6 Å². The van der Waals surface area contributed by atoms with E-state index >= 15 is 0 Å². The van der Waals surface area contributed by atoms with Gasteiger partial charge in [-0.2, -0.15) is 0 Å². The Morgan fingerprint density at radius 1 is 1.40 bits per heavy atom. The lowest BCUT2D eigenvalue weighted by atomic mass is 10.1. The van der Waals surface area contributed by atoms with Crippen LogP contribution in [0.15, 0.2) is 23.6 Å². The molecule has 0 unspecified atom stereocenters. The van der Waals surface area contributed by atoms with Gasteiger partial charge in [0.25, 0.3) is 0 Å². The van der Waals surface area contributed by atoms with Crippen molar-refractivity contribution in [1.82, 2.24) is 4.98 Å². The number of nitrogen functional groups attached to an aromatic ring is 1. The van der Waals surface area contributed by atoms with Crippen molar-refractivity contribution >= 4 is 17.0 Å². The molecule has 4 nitrogen and oxygen atoms in total. The number of nitrogens with two attached hydrogens (primary N) is 1. The number of aliphatic hydroxyl groups is 1. The molecule has 0 bridgehead atoms. The molecule has 3 N–H and O–H groups in total. The first-order chi connectivity index (χ1) is 9.60. The van der Waals surface area contributed by atoms with Gasteiger partial charge in [-0.15, -0.1) is 11.3 Å². The van der Waals surface area contributed by atoms with Crippen molar-refractivity contribution in [3.63, 3.8) is 0 Å². The molecule has 0 aliphatic carbocycles. The van der Waals surface area contributed by atoms with E-state index in [1.807, 2.05) is 18.2 Å². The summed E-state index contributed by atoms with van der Waals surface area (Å²) >= 11 is 1.68. The van der Waals surface area contributed by atoms with Crippen LogP contribution >= 0.6 is 11.3 Å². The number of hydrogen-bond donors (Lipinski definition) is 2. The number of anilines is 1. The molecule has 20 heavy (non-hydrogen) atoms. The number of nitrogens with zero attached hydrogens (tertiary/aromatic N) is 1. The average Bonchev–Trinajstić information content (AvgIpc) is 2.86. The SMILES string of the molecule is CC(C)c1csc(Cc2ccc(OCCO)c(N)c2)n1. The summed E-state index contributed by atoms with van der Waals surface area (Å²) in [5, 5.41) is 12.0. The lowest BCUT2D eigenvalue weighted by Crippen LogP contribution is -2.04. The molecule has 0 aliphatic heterocycles. The molecular formula is C15H20N2O2S. The maximum Gasteiger partial charge on any atom is 0.142 e. The molecule has 0 fully saturated rings. The van der Waals surface area contributed by atoms with E-state index in [-0.39, 0.29) is 13.2 Å². The molecule has 0 amide bonds. The summed E-state index contributed by atoms with van der Waals surface area (Å²) in [7, 11) is 0. The second kappa shape index (κ2) is 6.72. The predicted molar refractivity (Wildman–Crippen MR) is 82.4 cm³/mol. The first-order valence-electron chi connectivity index (χ1n) is 6.66. The molecule has 1 heterocycles. The van der Waals surface area contributed by atoms with Gasteiger partial charge >= 0.3 is 0 Å². The number of benzene rings is 1. The van der Waals surface area contributed by atoms with Gasteiger partial charge in [0, 0.05) is 11.8 Å². The molecule has 0 radical (unpaired) electrons. The Kier molecular flexibility index (Phi) is 4.98. The minimum absolute atomic E-state index is 0.0156. The number of aromatic nitrogens is 1. The Morgan fingerprint density at radius 3 is 2.80 bits per heavy atom. The summed E-state index contributed by atoms with van der Waals surface area (Å²) < 4.78 is 5.34. The van der Waals surface area contributed by atoms with Gasteiger partial charge < -0.3 is 15.6 Å². The van der Waals surface area contributed by atoms with E-state index in [2.05, 4.69) is 24.2 Å². The quantitative estimate of drug-likeness (QED) is 0.803. The van der Waals surface area contributed by atoms with E-state index in [0.29, 0.717) is 17.4 Å². The fraction of sp³-hybridized carbons (Fsp3) is 0.400. The van der Waals surface area contributed by atoms with Gasteiger partial charge in [0.1, 0.15) is 12.4 Å². The molecule has 2 aromatic rings. The van der Waals surface area contributed by atoms with Crippen LogP contribution in [-0.4, -0.2) is 23.3 Å². The minimum atomic E-state index is -0.0156. The first-order valence-corrected chi connectivity index (χ1v) is 7.54. The van der Waals surface area contributed by atoms with Crippen LogP contribution in [0, 0.1) is 0 Å². The van der Waals surface area contributed by atoms with Gasteiger partial charge in [0.15, 0.2) is 0 Å². The average molecular weight is 292 g/mol. The Balaban J connectivity index is 2.07. The Bertz CT molecular complexity index is 567. The van der Waals surface area contributed by atoms with Crippen LogP contribution in [0.4, 0.5) is 5.69 Å². The molecule has 1 aromatic heterocycles. The van der Waals surface area contributed by atoms with Crippen LogP contribution in [0.25, 0.3) is 0 Å². The highest BCUT2D eigenvalue weighted by molar-refractivity contribution is 7.09. The predicted octanol–water partition coefficient (Wildman–Crippen LogP) is 2.81. The number of ether oxygens (including phenoxy) is 1. The second-order valence-corrected chi connectivity index (χ2v) is 5.88. The van der Waals surface area contributed by atoms with E-state index in [1.165, 1.54) is 0 Å². The van der Waals surface area contributed by atoms with Crippen LogP contribution in [-0.2, 0) is 6.42 Å². The fourth-order valence-corrected chi connectivity index (χ4v) is 2.83.